The molecule has 1 atom stereocenters. The fourth-order valence-corrected chi connectivity index (χ4v) is 3.36. The SMILES string of the molecule is Cc1cccc(C(Cl)c2cc(Br)c(C)cc2Br)c1. The summed E-state index contributed by atoms with van der Waals surface area (Å²) in [7, 11) is 0. The summed E-state index contributed by atoms with van der Waals surface area (Å²) in [4.78, 5) is 0. The minimum atomic E-state index is -0.142. The molecule has 0 fully saturated rings. The minimum Gasteiger partial charge on any atom is -0.113 e. The summed E-state index contributed by atoms with van der Waals surface area (Å²) in [6, 6.07) is 12.5. The Morgan fingerprint density at radius 3 is 2.39 bits per heavy atom. The van der Waals surface area contributed by atoms with Gasteiger partial charge in [-0.15, -0.1) is 11.6 Å². The van der Waals surface area contributed by atoms with Crippen molar-refractivity contribution >= 4 is 43.5 Å². The molecule has 0 aliphatic rings. The molecule has 2 aromatic rings. The first-order valence-electron chi connectivity index (χ1n) is 5.65. The highest BCUT2D eigenvalue weighted by molar-refractivity contribution is 9.11. The highest BCUT2D eigenvalue weighted by Gasteiger charge is 2.15. The van der Waals surface area contributed by atoms with Crippen LogP contribution in [0.4, 0.5) is 0 Å². The molecule has 0 spiro atoms. The Balaban J connectivity index is 2.46. The van der Waals surface area contributed by atoms with Gasteiger partial charge in [-0.1, -0.05) is 61.7 Å². The molecule has 18 heavy (non-hydrogen) atoms. The maximum Gasteiger partial charge on any atom is 0.0846 e. The first kappa shape index (κ1) is 14.1. The van der Waals surface area contributed by atoms with Gasteiger partial charge < -0.3 is 0 Å². The highest BCUT2D eigenvalue weighted by atomic mass is 79.9. The highest BCUT2D eigenvalue weighted by Crippen LogP contribution is 2.36. The number of halogens is 3. The summed E-state index contributed by atoms with van der Waals surface area (Å²) < 4.78 is 2.13. The molecular formula is C15H13Br2Cl. The van der Waals surface area contributed by atoms with E-state index in [1.165, 1.54) is 11.1 Å². The van der Waals surface area contributed by atoms with Gasteiger partial charge in [0.1, 0.15) is 0 Å². The third-order valence-corrected chi connectivity index (χ3v) is 4.91. The van der Waals surface area contributed by atoms with Crippen molar-refractivity contribution in [2.24, 2.45) is 0 Å². The Morgan fingerprint density at radius 1 is 1.00 bits per heavy atom. The summed E-state index contributed by atoms with van der Waals surface area (Å²) in [5.41, 5.74) is 4.62. The summed E-state index contributed by atoms with van der Waals surface area (Å²) in [5, 5.41) is -0.142. The van der Waals surface area contributed by atoms with Crippen LogP contribution in [0.5, 0.6) is 0 Å². The molecule has 0 aliphatic heterocycles. The second-order valence-electron chi connectivity index (χ2n) is 4.40. The van der Waals surface area contributed by atoms with Gasteiger partial charge in [-0.05, 0) is 42.7 Å². The number of hydrogen-bond donors (Lipinski definition) is 0. The fraction of sp³-hybridized carbons (Fsp3) is 0.200. The van der Waals surface area contributed by atoms with Crippen LogP contribution < -0.4 is 0 Å². The predicted molar refractivity (Wildman–Crippen MR) is 85.5 cm³/mol. The fourth-order valence-electron chi connectivity index (χ4n) is 1.86. The van der Waals surface area contributed by atoms with Gasteiger partial charge in [0.15, 0.2) is 0 Å². The van der Waals surface area contributed by atoms with Crippen molar-refractivity contribution in [2.75, 3.05) is 0 Å². The van der Waals surface area contributed by atoms with Crippen LogP contribution >= 0.6 is 43.5 Å². The third kappa shape index (κ3) is 2.98. The van der Waals surface area contributed by atoms with Crippen LogP contribution in [0.1, 0.15) is 27.6 Å². The van der Waals surface area contributed by atoms with E-state index in [1.807, 2.05) is 6.07 Å². The number of rotatable bonds is 2. The maximum absolute atomic E-state index is 6.58. The lowest BCUT2D eigenvalue weighted by Crippen LogP contribution is -1.96. The maximum atomic E-state index is 6.58. The normalized spacial score (nSPS) is 12.5. The molecule has 0 nitrogen and oxygen atoms in total. The van der Waals surface area contributed by atoms with E-state index in [0.717, 1.165) is 20.1 Å². The molecule has 0 radical (unpaired) electrons. The van der Waals surface area contributed by atoms with Crippen molar-refractivity contribution in [1.29, 1.82) is 0 Å². The van der Waals surface area contributed by atoms with Gasteiger partial charge in [0.2, 0.25) is 0 Å². The van der Waals surface area contributed by atoms with Gasteiger partial charge in [0, 0.05) is 8.95 Å². The van der Waals surface area contributed by atoms with Gasteiger partial charge in [0.05, 0.1) is 5.38 Å². The lowest BCUT2D eigenvalue weighted by atomic mass is 10.0. The number of benzene rings is 2. The summed E-state index contributed by atoms with van der Waals surface area (Å²) in [6.45, 7) is 4.14. The molecule has 1 unspecified atom stereocenters. The predicted octanol–water partition coefficient (Wildman–Crippen LogP) is 6.16. The summed E-state index contributed by atoms with van der Waals surface area (Å²) in [6.07, 6.45) is 0. The van der Waals surface area contributed by atoms with E-state index in [2.05, 4.69) is 76.0 Å². The zero-order chi connectivity index (χ0) is 13.3. The topological polar surface area (TPSA) is 0 Å². The number of hydrogen-bond acceptors (Lipinski definition) is 0. The van der Waals surface area contributed by atoms with E-state index in [-0.39, 0.29) is 5.38 Å². The minimum absolute atomic E-state index is 0.142. The molecule has 0 aliphatic carbocycles. The number of aryl methyl sites for hydroxylation is 2. The van der Waals surface area contributed by atoms with Crippen molar-refractivity contribution in [3.8, 4) is 0 Å². The molecule has 0 N–H and O–H groups in total. The summed E-state index contributed by atoms with van der Waals surface area (Å²) in [5.74, 6) is 0. The van der Waals surface area contributed by atoms with Gasteiger partial charge in [-0.25, -0.2) is 0 Å². The lowest BCUT2D eigenvalue weighted by molar-refractivity contribution is 1.11. The van der Waals surface area contributed by atoms with Crippen LogP contribution in [0.2, 0.25) is 0 Å². The van der Waals surface area contributed by atoms with Crippen molar-refractivity contribution in [3.63, 3.8) is 0 Å². The Labute approximate surface area is 130 Å². The molecule has 0 bridgehead atoms. The molecule has 94 valence electrons. The Hall–Kier alpha value is -0.310. The second-order valence-corrected chi connectivity index (χ2v) is 6.54. The molecule has 2 aromatic carbocycles. The first-order chi connectivity index (χ1) is 8.49. The van der Waals surface area contributed by atoms with E-state index in [4.69, 9.17) is 11.6 Å². The Morgan fingerprint density at radius 2 is 1.72 bits per heavy atom. The van der Waals surface area contributed by atoms with Crippen molar-refractivity contribution in [2.45, 2.75) is 19.2 Å². The van der Waals surface area contributed by atoms with Crippen LogP contribution in [0, 0.1) is 13.8 Å². The van der Waals surface area contributed by atoms with Crippen LogP contribution in [-0.4, -0.2) is 0 Å². The molecule has 3 heteroatoms. The average Bonchev–Trinajstić information content (AvgIpc) is 2.33. The zero-order valence-corrected chi connectivity index (χ0v) is 14.1. The molecule has 2 rings (SSSR count). The molecular weight excluding hydrogens is 375 g/mol. The standard InChI is InChI=1S/C15H13Br2Cl/c1-9-4-3-5-11(6-9)15(18)12-8-13(16)10(2)7-14(12)17/h3-8,15H,1-2H3. The van der Waals surface area contributed by atoms with Gasteiger partial charge in [0.25, 0.3) is 0 Å². The molecule has 0 saturated heterocycles. The van der Waals surface area contributed by atoms with Crippen LogP contribution in [-0.2, 0) is 0 Å². The van der Waals surface area contributed by atoms with Gasteiger partial charge in [-0.2, -0.15) is 0 Å². The summed E-state index contributed by atoms with van der Waals surface area (Å²) >= 11 is 13.7. The zero-order valence-electron chi connectivity index (χ0n) is 10.2. The molecule has 0 aromatic heterocycles. The second kappa shape index (κ2) is 5.77. The Bertz CT molecular complexity index is 579. The van der Waals surface area contributed by atoms with Gasteiger partial charge in [-0.3, -0.25) is 0 Å². The van der Waals surface area contributed by atoms with Gasteiger partial charge >= 0.3 is 0 Å². The van der Waals surface area contributed by atoms with E-state index in [1.54, 1.807) is 0 Å². The average molecular weight is 389 g/mol. The van der Waals surface area contributed by atoms with Crippen LogP contribution in [0.3, 0.4) is 0 Å². The van der Waals surface area contributed by atoms with Crippen molar-refractivity contribution < 1.29 is 0 Å². The quantitative estimate of drug-likeness (QED) is 0.541. The molecule has 0 amide bonds. The first-order valence-corrected chi connectivity index (χ1v) is 7.67. The largest absolute Gasteiger partial charge is 0.113 e. The van der Waals surface area contributed by atoms with Crippen LogP contribution in [0.25, 0.3) is 0 Å². The molecule has 0 saturated carbocycles. The van der Waals surface area contributed by atoms with E-state index in [0.29, 0.717) is 0 Å². The van der Waals surface area contributed by atoms with E-state index < -0.39 is 0 Å². The van der Waals surface area contributed by atoms with E-state index in [9.17, 15) is 0 Å². The monoisotopic (exact) mass is 386 g/mol. The Kier molecular flexibility index (Phi) is 4.52. The van der Waals surface area contributed by atoms with Crippen molar-refractivity contribution in [1.82, 2.24) is 0 Å². The third-order valence-electron chi connectivity index (χ3n) is 2.89. The lowest BCUT2D eigenvalue weighted by Gasteiger charge is -2.14. The molecule has 0 heterocycles. The van der Waals surface area contributed by atoms with Crippen molar-refractivity contribution in [3.05, 3.63) is 67.6 Å². The smallest absolute Gasteiger partial charge is 0.0846 e. The van der Waals surface area contributed by atoms with E-state index >= 15 is 0 Å². The van der Waals surface area contributed by atoms with Crippen LogP contribution in [0.15, 0.2) is 45.3 Å². The number of alkyl halides is 1.